The molecule has 0 radical (unpaired) electrons. The molecular weight excluding hydrogens is 176 g/mol. The van der Waals surface area contributed by atoms with Crippen molar-refractivity contribution in [3.05, 3.63) is 29.8 Å². The number of carbonyl (C=O) groups excluding carboxylic acids is 1. The van der Waals surface area contributed by atoms with E-state index in [4.69, 9.17) is 5.73 Å². The van der Waals surface area contributed by atoms with Gasteiger partial charge in [-0.1, -0.05) is 19.1 Å². The number of anilines is 1. The van der Waals surface area contributed by atoms with Crippen molar-refractivity contribution >= 4 is 11.5 Å². The van der Waals surface area contributed by atoms with Crippen LogP contribution in [0.1, 0.15) is 12.5 Å². The van der Waals surface area contributed by atoms with E-state index >= 15 is 0 Å². The number of hydrogen-bond donors (Lipinski definition) is 2. The molecule has 3 heteroatoms. The Morgan fingerprint density at radius 1 is 1.36 bits per heavy atom. The van der Waals surface area contributed by atoms with E-state index in [1.54, 1.807) is 0 Å². The van der Waals surface area contributed by atoms with Crippen LogP contribution < -0.4 is 11.1 Å². The highest BCUT2D eigenvalue weighted by molar-refractivity contribution is 5.84. The molecule has 1 aromatic rings. The van der Waals surface area contributed by atoms with Gasteiger partial charge in [0.1, 0.15) is 0 Å². The summed E-state index contributed by atoms with van der Waals surface area (Å²) in [7, 11) is 0. The molecule has 0 aliphatic rings. The van der Waals surface area contributed by atoms with Crippen LogP contribution in [0, 0.1) is 0 Å². The highest BCUT2D eigenvalue weighted by Gasteiger charge is 1.97. The zero-order chi connectivity index (χ0) is 10.4. The van der Waals surface area contributed by atoms with Crippen LogP contribution in [0.3, 0.4) is 0 Å². The summed E-state index contributed by atoms with van der Waals surface area (Å²) >= 11 is 0. The van der Waals surface area contributed by atoms with Crippen molar-refractivity contribution in [2.75, 3.05) is 18.4 Å². The predicted molar refractivity (Wildman–Crippen MR) is 58.4 cm³/mol. The Morgan fingerprint density at radius 3 is 2.50 bits per heavy atom. The summed E-state index contributed by atoms with van der Waals surface area (Å²) < 4.78 is 0. The molecule has 3 nitrogen and oxygen atoms in total. The fourth-order valence-corrected chi connectivity index (χ4v) is 1.13. The Balaban J connectivity index is 2.47. The lowest BCUT2D eigenvalue weighted by Crippen LogP contribution is -2.22. The third-order valence-corrected chi connectivity index (χ3v) is 2.08. The first-order chi connectivity index (χ1) is 6.76. The lowest BCUT2D eigenvalue weighted by atomic mass is 10.1. The van der Waals surface area contributed by atoms with Gasteiger partial charge in [0, 0.05) is 5.69 Å². The molecule has 0 atom stereocenters. The van der Waals surface area contributed by atoms with Crippen molar-refractivity contribution in [2.24, 2.45) is 5.73 Å². The Hall–Kier alpha value is -1.35. The molecule has 0 unspecified atom stereocenters. The largest absolute Gasteiger partial charge is 0.378 e. The number of nitrogens with one attached hydrogen (secondary N) is 1. The molecule has 76 valence electrons. The number of nitrogens with two attached hydrogens (primary N) is 1. The molecule has 0 saturated heterocycles. The first-order valence-electron chi connectivity index (χ1n) is 4.81. The number of ketones is 1. The van der Waals surface area contributed by atoms with E-state index in [0.717, 1.165) is 12.1 Å². The average molecular weight is 192 g/mol. The maximum Gasteiger partial charge on any atom is 0.165 e. The second kappa shape index (κ2) is 5.40. The van der Waals surface area contributed by atoms with Gasteiger partial charge in [0.25, 0.3) is 0 Å². The number of rotatable bonds is 5. The van der Waals surface area contributed by atoms with Crippen LogP contribution in [0.15, 0.2) is 24.3 Å². The highest BCUT2D eigenvalue weighted by Crippen LogP contribution is 2.09. The van der Waals surface area contributed by atoms with Crippen molar-refractivity contribution in [2.45, 2.75) is 13.3 Å². The predicted octanol–water partition coefficient (Wildman–Crippen LogP) is 1.19. The molecule has 1 rings (SSSR count). The van der Waals surface area contributed by atoms with Gasteiger partial charge in [-0.25, -0.2) is 0 Å². The first-order valence-corrected chi connectivity index (χ1v) is 4.81. The molecule has 0 aromatic heterocycles. The van der Waals surface area contributed by atoms with E-state index in [2.05, 4.69) is 24.4 Å². The molecule has 3 N–H and O–H groups in total. The summed E-state index contributed by atoms with van der Waals surface area (Å²) in [4.78, 5) is 10.9. The molecule has 0 bridgehead atoms. The zero-order valence-corrected chi connectivity index (χ0v) is 8.42. The monoisotopic (exact) mass is 192 g/mol. The maximum atomic E-state index is 10.9. The Bertz CT molecular complexity index is 293. The van der Waals surface area contributed by atoms with Gasteiger partial charge in [0.2, 0.25) is 0 Å². The summed E-state index contributed by atoms with van der Waals surface area (Å²) in [6, 6.07) is 8.05. The minimum atomic E-state index is 0.0181. The topological polar surface area (TPSA) is 55.1 Å². The third-order valence-electron chi connectivity index (χ3n) is 2.08. The van der Waals surface area contributed by atoms with Gasteiger partial charge in [-0.05, 0) is 24.1 Å². The fraction of sp³-hybridized carbons (Fsp3) is 0.364. The van der Waals surface area contributed by atoms with Gasteiger partial charge in [0.15, 0.2) is 5.78 Å². The fourth-order valence-electron chi connectivity index (χ4n) is 1.13. The molecule has 0 aliphatic carbocycles. The Labute approximate surface area is 84.3 Å². The molecule has 0 fully saturated rings. The van der Waals surface area contributed by atoms with Crippen LogP contribution in [0.4, 0.5) is 5.69 Å². The second-order valence-electron chi connectivity index (χ2n) is 3.15. The summed E-state index contributed by atoms with van der Waals surface area (Å²) in [5.41, 5.74) is 7.45. The van der Waals surface area contributed by atoms with E-state index in [1.165, 1.54) is 5.56 Å². The van der Waals surface area contributed by atoms with Crippen LogP contribution in [0.2, 0.25) is 0 Å². The van der Waals surface area contributed by atoms with Crippen molar-refractivity contribution in [3.8, 4) is 0 Å². The molecule has 0 aliphatic heterocycles. The quantitative estimate of drug-likeness (QED) is 0.736. The lowest BCUT2D eigenvalue weighted by Gasteiger charge is -2.05. The molecular formula is C11H16N2O. The van der Waals surface area contributed by atoms with Crippen LogP contribution >= 0.6 is 0 Å². The molecule has 1 aromatic carbocycles. The highest BCUT2D eigenvalue weighted by atomic mass is 16.1. The van der Waals surface area contributed by atoms with Crippen molar-refractivity contribution < 1.29 is 4.79 Å². The average Bonchev–Trinajstić information content (AvgIpc) is 2.26. The van der Waals surface area contributed by atoms with Crippen molar-refractivity contribution in [3.63, 3.8) is 0 Å². The summed E-state index contributed by atoms with van der Waals surface area (Å²) in [6.45, 7) is 2.52. The van der Waals surface area contributed by atoms with Crippen LogP contribution in [-0.2, 0) is 11.2 Å². The van der Waals surface area contributed by atoms with Gasteiger partial charge in [-0.3, -0.25) is 4.79 Å². The standard InChI is InChI=1S/C11H16N2O/c1-2-9-3-5-10(6-4-9)13-8-11(14)7-12/h3-6,13H,2,7-8,12H2,1H3. The maximum absolute atomic E-state index is 10.9. The van der Waals surface area contributed by atoms with Crippen molar-refractivity contribution in [1.82, 2.24) is 0 Å². The van der Waals surface area contributed by atoms with Gasteiger partial charge in [-0.2, -0.15) is 0 Å². The second-order valence-corrected chi connectivity index (χ2v) is 3.15. The zero-order valence-electron chi connectivity index (χ0n) is 8.42. The summed E-state index contributed by atoms with van der Waals surface area (Å²) in [5.74, 6) is 0.0181. The third kappa shape index (κ3) is 3.18. The normalized spacial score (nSPS) is 9.86. The van der Waals surface area contributed by atoms with Crippen LogP contribution in [-0.4, -0.2) is 18.9 Å². The summed E-state index contributed by atoms with van der Waals surface area (Å²) in [5, 5.41) is 3.02. The number of carbonyl (C=O) groups is 1. The molecule has 0 amide bonds. The van der Waals surface area contributed by atoms with Gasteiger partial charge >= 0.3 is 0 Å². The Kier molecular flexibility index (Phi) is 4.13. The summed E-state index contributed by atoms with van der Waals surface area (Å²) in [6.07, 6.45) is 1.03. The smallest absolute Gasteiger partial charge is 0.165 e. The van der Waals surface area contributed by atoms with E-state index in [0.29, 0.717) is 6.54 Å². The van der Waals surface area contributed by atoms with Crippen molar-refractivity contribution in [1.29, 1.82) is 0 Å². The number of aryl methyl sites for hydroxylation is 1. The van der Waals surface area contributed by atoms with Crippen LogP contribution in [0.25, 0.3) is 0 Å². The number of hydrogen-bond acceptors (Lipinski definition) is 3. The molecule has 14 heavy (non-hydrogen) atoms. The number of Topliss-reactive ketones (excluding diaryl/α,β-unsaturated/α-hetero) is 1. The van der Waals surface area contributed by atoms with Gasteiger partial charge in [0.05, 0.1) is 13.1 Å². The molecule has 0 heterocycles. The van der Waals surface area contributed by atoms with E-state index in [1.807, 2.05) is 12.1 Å². The van der Waals surface area contributed by atoms with E-state index in [9.17, 15) is 4.79 Å². The minimum absolute atomic E-state index is 0.0181. The first kappa shape index (κ1) is 10.7. The van der Waals surface area contributed by atoms with Gasteiger partial charge in [-0.15, -0.1) is 0 Å². The molecule has 0 saturated carbocycles. The molecule has 0 spiro atoms. The lowest BCUT2D eigenvalue weighted by molar-refractivity contribution is -0.116. The van der Waals surface area contributed by atoms with E-state index in [-0.39, 0.29) is 12.3 Å². The van der Waals surface area contributed by atoms with Crippen LogP contribution in [0.5, 0.6) is 0 Å². The number of benzene rings is 1. The van der Waals surface area contributed by atoms with E-state index < -0.39 is 0 Å². The SMILES string of the molecule is CCc1ccc(NCC(=O)CN)cc1. The van der Waals surface area contributed by atoms with Gasteiger partial charge < -0.3 is 11.1 Å². The Morgan fingerprint density at radius 2 is 2.00 bits per heavy atom. The minimum Gasteiger partial charge on any atom is -0.378 e.